The Hall–Kier alpha value is -2.63. The van der Waals surface area contributed by atoms with Crippen LogP contribution in [0.3, 0.4) is 0 Å². The molecule has 0 radical (unpaired) electrons. The molecular formula is C60H90IO4PSi2. The van der Waals surface area contributed by atoms with E-state index in [4.69, 9.17) is 18.3 Å². The molecule has 8 heteroatoms. The maximum absolute atomic E-state index is 7.74. The molecule has 0 fully saturated rings. The van der Waals surface area contributed by atoms with E-state index in [1.807, 2.05) is 18.2 Å². The maximum atomic E-state index is 7.74. The first kappa shape index (κ1) is 57.9. The summed E-state index contributed by atoms with van der Waals surface area (Å²) in [6.45, 7) is 42.6. The monoisotopic (exact) mass is 1090 g/mol. The molecule has 68 heavy (non-hydrogen) atoms. The number of benzene rings is 4. The van der Waals surface area contributed by atoms with Crippen molar-refractivity contribution in [2.75, 3.05) is 13.3 Å². The van der Waals surface area contributed by atoms with Gasteiger partial charge in [-0.05, 0) is 17.7 Å². The number of hydrogen-bond donors (Lipinski definition) is 0. The second-order valence-electron chi connectivity index (χ2n) is 23.1. The van der Waals surface area contributed by atoms with Crippen molar-refractivity contribution < 1.29 is 18.3 Å². The fraction of sp³-hybridized carbons (Fsp3) is 0.500. The molecule has 0 aliphatic heterocycles. The van der Waals surface area contributed by atoms with Gasteiger partial charge in [-0.2, -0.15) is 0 Å². The van der Waals surface area contributed by atoms with Crippen molar-refractivity contribution in [3.8, 4) is 5.75 Å². The van der Waals surface area contributed by atoms with E-state index in [1.165, 1.54) is 21.5 Å². The van der Waals surface area contributed by atoms with Gasteiger partial charge in [-0.3, -0.25) is 0 Å². The van der Waals surface area contributed by atoms with E-state index in [2.05, 4.69) is 259 Å². The van der Waals surface area contributed by atoms with E-state index in [0.717, 1.165) is 23.9 Å². The minimum atomic E-state index is -3.10. The van der Waals surface area contributed by atoms with Crippen LogP contribution in [-0.2, 0) is 20.2 Å². The van der Waals surface area contributed by atoms with Crippen molar-refractivity contribution in [2.45, 2.75) is 151 Å². The van der Waals surface area contributed by atoms with Crippen LogP contribution in [0.5, 0.6) is 5.75 Å². The summed E-state index contributed by atoms with van der Waals surface area (Å²) in [6, 6.07) is 42.3. The van der Waals surface area contributed by atoms with Gasteiger partial charge in [0.15, 0.2) is 0 Å². The Kier molecular flexibility index (Phi) is 20.6. The molecule has 8 atom stereocenters. The second-order valence-corrected chi connectivity index (χ2v) is 43.2. The van der Waals surface area contributed by atoms with Crippen molar-refractivity contribution in [1.82, 2.24) is 0 Å². The van der Waals surface area contributed by atoms with Gasteiger partial charge >= 0.3 is 327 Å². The van der Waals surface area contributed by atoms with Crippen molar-refractivity contribution in [3.05, 3.63) is 157 Å². The average Bonchev–Trinajstić information content (AvgIpc) is 3.29. The van der Waals surface area contributed by atoms with Crippen LogP contribution in [-0.4, -0.2) is 48.2 Å². The molecule has 4 aromatic carbocycles. The van der Waals surface area contributed by atoms with Crippen molar-refractivity contribution in [1.29, 1.82) is 0 Å². The molecule has 0 heterocycles. The molecule has 4 nitrogen and oxygen atoms in total. The van der Waals surface area contributed by atoms with Crippen LogP contribution in [0, 0.1) is 29.6 Å². The number of halogens is 1. The summed E-state index contributed by atoms with van der Waals surface area (Å²) in [5.74, 6) is 1.71. The Bertz CT molecular complexity index is 2110. The van der Waals surface area contributed by atoms with Crippen LogP contribution in [0.4, 0.5) is 0 Å². The summed E-state index contributed by atoms with van der Waals surface area (Å²) in [5.41, 5.74) is 2.51. The molecule has 0 N–H and O–H groups in total. The van der Waals surface area contributed by atoms with Gasteiger partial charge in [0.1, 0.15) is 5.75 Å². The van der Waals surface area contributed by atoms with Crippen molar-refractivity contribution >= 4 is 58.8 Å². The normalized spacial score (nSPS) is 17.6. The van der Waals surface area contributed by atoms with Gasteiger partial charge in [0.05, 0.1) is 13.7 Å². The Morgan fingerprint density at radius 2 is 1.07 bits per heavy atom. The molecule has 0 aliphatic rings. The zero-order chi connectivity index (χ0) is 50.7. The third kappa shape index (κ3) is 14.1. The molecule has 0 spiro atoms. The zero-order valence-corrected chi connectivity index (χ0v) is 50.2. The molecule has 0 saturated carbocycles. The van der Waals surface area contributed by atoms with Crippen molar-refractivity contribution in [3.63, 3.8) is 0 Å². The molecular weight excluding hydrogens is 999 g/mol. The van der Waals surface area contributed by atoms with E-state index in [-0.39, 0.29) is 58.0 Å². The Labute approximate surface area is 430 Å². The first-order valence-corrected chi connectivity index (χ1v) is 36.2. The van der Waals surface area contributed by atoms with Crippen LogP contribution < -0.4 is 20.7 Å². The first-order valence-electron chi connectivity index (χ1n) is 25.2. The Morgan fingerprint density at radius 1 is 0.632 bits per heavy atom. The number of ether oxygens (including phenoxy) is 2. The summed E-state index contributed by atoms with van der Waals surface area (Å²) in [4.78, 5) is 0. The van der Waals surface area contributed by atoms with Crippen LogP contribution >= 0.6 is 26.3 Å². The van der Waals surface area contributed by atoms with Crippen LogP contribution in [0.2, 0.25) is 36.3 Å². The van der Waals surface area contributed by atoms with Gasteiger partial charge < -0.3 is 4.74 Å². The number of allylic oxidation sites excluding steroid dienone is 3. The summed E-state index contributed by atoms with van der Waals surface area (Å²) in [6.07, 6.45) is 10.5. The zero-order valence-electron chi connectivity index (χ0n) is 45.2. The fourth-order valence-corrected chi connectivity index (χ4v) is 22.5. The van der Waals surface area contributed by atoms with Gasteiger partial charge in [-0.25, -0.2) is 0 Å². The van der Waals surface area contributed by atoms with E-state index >= 15 is 0 Å². The van der Waals surface area contributed by atoms with Gasteiger partial charge in [0.25, 0.3) is 0 Å². The molecule has 0 unspecified atom stereocenters. The molecule has 0 saturated heterocycles. The molecule has 374 valence electrons. The van der Waals surface area contributed by atoms with E-state index in [1.54, 1.807) is 7.11 Å². The molecule has 4 rings (SSSR count). The topological polar surface area (TPSA) is 36.9 Å². The van der Waals surface area contributed by atoms with E-state index < -0.39 is 20.9 Å². The average molecular weight is 1090 g/mol. The summed E-state index contributed by atoms with van der Waals surface area (Å²) in [5, 5.41) is 4.33. The summed E-state index contributed by atoms with van der Waals surface area (Å²) >= 11 is 2.97. The van der Waals surface area contributed by atoms with Gasteiger partial charge in [0, 0.05) is 0 Å². The quantitative estimate of drug-likeness (QED) is 0.0230. The van der Waals surface area contributed by atoms with E-state index in [9.17, 15) is 0 Å². The molecule has 0 aliphatic carbocycles. The van der Waals surface area contributed by atoms with Gasteiger partial charge in [0.2, 0.25) is 0 Å². The number of rotatable bonds is 24. The summed E-state index contributed by atoms with van der Waals surface area (Å²) < 4.78 is 24.7. The Balaban J connectivity index is 1.80. The standard InChI is InChI=1S/C60H90IO4PSi2/c1-19-20-30-46(3)57(63-43-51-37-39-52(62-14)40-38-51)50(7)58(65-68(17,18)60(11,12)13)48(5)42-45(2)41-47(4)56(64-67(15,16)59(8,9)10)49(6)44-66(61,53-31-24-21-25-32-53,54-33-26-22-27-34-54)55-35-28-23-29-36-55/h19-41,46-50,56-58H,1,42-44H2,2-18H3/b30-20-,45-41-/t46-,47-,48-,49-,50+,56+,57-,58+/m0/s1. The predicted molar refractivity (Wildman–Crippen MR) is 313 cm³/mol. The molecule has 4 aromatic rings. The molecule has 0 aromatic heterocycles. The third-order valence-electron chi connectivity index (χ3n) is 15.5. The molecule has 0 bridgehead atoms. The van der Waals surface area contributed by atoms with E-state index in [0.29, 0.717) is 6.61 Å². The fourth-order valence-electron chi connectivity index (χ4n) is 9.62. The van der Waals surface area contributed by atoms with Crippen LogP contribution in [0.15, 0.2) is 152 Å². The van der Waals surface area contributed by atoms with Crippen molar-refractivity contribution in [2.24, 2.45) is 29.6 Å². The van der Waals surface area contributed by atoms with Gasteiger partial charge in [-0.15, -0.1) is 0 Å². The Morgan fingerprint density at radius 3 is 1.49 bits per heavy atom. The number of methoxy groups -OCH3 is 1. The minimum absolute atomic E-state index is 0.0000145. The second kappa shape index (κ2) is 24.2. The SMILES string of the molecule is C=C/C=C\[C@H](C)[C@H](OCc1ccc(OC)cc1)[C@@H](C)[C@H](O[Si](C)(C)C(C)(C)C)[C@@H](C)C/C(C)=C\[C@H](C)[C@@H](O[Si](C)(C)C(C)(C)C)[C@@H](C)CP(I)(c1ccccc1)(c1ccccc1)c1ccccc1. The van der Waals surface area contributed by atoms with Crippen LogP contribution in [0.1, 0.15) is 95.1 Å². The summed E-state index contributed by atoms with van der Waals surface area (Å²) in [7, 11) is -2.73. The van der Waals surface area contributed by atoms with Gasteiger partial charge in [-0.1, -0.05) is 64.6 Å². The predicted octanol–water partition coefficient (Wildman–Crippen LogP) is 16.5. The number of hydrogen-bond acceptors (Lipinski definition) is 4. The van der Waals surface area contributed by atoms with Crippen LogP contribution in [0.25, 0.3) is 0 Å². The molecule has 0 amide bonds. The third-order valence-corrected chi connectivity index (χ3v) is 36.1. The first-order chi connectivity index (χ1) is 31.7.